The number of benzene rings is 1. The summed E-state index contributed by atoms with van der Waals surface area (Å²) in [7, 11) is 1.89. The molecule has 1 saturated carbocycles. The molecule has 8 heteroatoms. The number of nitrogens with one attached hydrogen (secondary N) is 3. The standard InChI is InChI=1S/C23H30N6O2/c1-29(14-20-17-7-3-5-9-19(17)25-26-20)23(30)11-10-21-27-28-22(31-21)12-15-13-24-18-8-4-2-6-16(15)18/h2,4,6,8,13,17,19-20,24-26H,3,5,7,9-12,14H2,1H3. The molecule has 31 heavy (non-hydrogen) atoms. The van der Waals surface area contributed by atoms with Gasteiger partial charge in [-0.1, -0.05) is 31.0 Å². The number of fused-ring (bicyclic) bond motifs is 2. The molecular formula is C23H30N6O2. The van der Waals surface area contributed by atoms with Crippen LogP contribution in [0.15, 0.2) is 34.9 Å². The van der Waals surface area contributed by atoms with E-state index in [1.165, 1.54) is 25.7 Å². The highest BCUT2D eigenvalue weighted by Crippen LogP contribution is 2.30. The largest absolute Gasteiger partial charge is 0.425 e. The van der Waals surface area contributed by atoms with Crippen molar-refractivity contribution in [2.24, 2.45) is 5.92 Å². The van der Waals surface area contributed by atoms with Gasteiger partial charge in [0, 0.05) is 55.6 Å². The zero-order valence-electron chi connectivity index (χ0n) is 17.9. The van der Waals surface area contributed by atoms with Crippen molar-refractivity contribution in [2.75, 3.05) is 13.6 Å². The van der Waals surface area contributed by atoms with E-state index in [-0.39, 0.29) is 5.91 Å². The molecule has 0 bridgehead atoms. The molecule has 0 radical (unpaired) electrons. The number of H-pyrrole nitrogens is 1. The zero-order valence-corrected chi connectivity index (χ0v) is 17.9. The summed E-state index contributed by atoms with van der Waals surface area (Å²) in [5, 5.41) is 9.48. The minimum atomic E-state index is 0.109. The molecule has 0 spiro atoms. The molecule has 164 valence electrons. The van der Waals surface area contributed by atoms with Crippen LogP contribution in [0.1, 0.15) is 49.4 Å². The summed E-state index contributed by atoms with van der Waals surface area (Å²) in [6.07, 6.45) is 8.44. The molecule has 1 aromatic carbocycles. The predicted molar refractivity (Wildman–Crippen MR) is 117 cm³/mol. The zero-order chi connectivity index (χ0) is 21.2. The number of aromatic nitrogens is 3. The number of hydrazine groups is 1. The number of hydrogen-bond acceptors (Lipinski definition) is 6. The van der Waals surface area contributed by atoms with E-state index in [1.807, 2.05) is 36.3 Å². The lowest BCUT2D eigenvalue weighted by molar-refractivity contribution is -0.130. The number of nitrogens with zero attached hydrogens (tertiary/aromatic N) is 3. The smallest absolute Gasteiger partial charge is 0.222 e. The highest BCUT2D eigenvalue weighted by molar-refractivity contribution is 5.83. The van der Waals surface area contributed by atoms with Crippen LogP contribution in [0.5, 0.6) is 0 Å². The van der Waals surface area contributed by atoms with E-state index in [2.05, 4.69) is 32.1 Å². The SMILES string of the molecule is CN(CC1NNC2CCCCC21)C(=O)CCc1nnc(Cc2c[nH]c3ccccc23)o1. The van der Waals surface area contributed by atoms with Crippen molar-refractivity contribution >= 4 is 16.8 Å². The third-order valence-electron chi connectivity index (χ3n) is 6.76. The Morgan fingerprint density at radius 2 is 2.00 bits per heavy atom. The van der Waals surface area contributed by atoms with E-state index >= 15 is 0 Å². The first kappa shape index (κ1) is 20.2. The van der Waals surface area contributed by atoms with Gasteiger partial charge in [0.25, 0.3) is 0 Å². The predicted octanol–water partition coefficient (Wildman–Crippen LogP) is 2.57. The van der Waals surface area contributed by atoms with E-state index in [9.17, 15) is 4.79 Å². The Labute approximate surface area is 181 Å². The van der Waals surface area contributed by atoms with E-state index in [0.717, 1.165) is 23.0 Å². The van der Waals surface area contributed by atoms with Crippen LogP contribution in [0.25, 0.3) is 10.9 Å². The van der Waals surface area contributed by atoms with E-state index in [1.54, 1.807) is 0 Å². The van der Waals surface area contributed by atoms with Crippen LogP contribution in [0.4, 0.5) is 0 Å². The summed E-state index contributed by atoms with van der Waals surface area (Å²) in [5.74, 6) is 1.82. The number of rotatable bonds is 7. The molecule has 2 aromatic heterocycles. The number of para-hydroxylation sites is 1. The molecule has 3 atom stereocenters. The Kier molecular flexibility index (Phi) is 5.74. The number of likely N-dealkylation sites (N-methyl/N-ethyl adjacent to an activating group) is 1. The number of aromatic amines is 1. The molecule has 8 nitrogen and oxygen atoms in total. The van der Waals surface area contributed by atoms with Crippen molar-refractivity contribution in [3.05, 3.63) is 47.8 Å². The van der Waals surface area contributed by atoms with E-state index in [4.69, 9.17) is 4.42 Å². The molecule has 3 N–H and O–H groups in total. The van der Waals surface area contributed by atoms with Gasteiger partial charge in [0.2, 0.25) is 17.7 Å². The number of carbonyl (C=O) groups is 1. The van der Waals surface area contributed by atoms with Gasteiger partial charge in [-0.05, 0) is 30.4 Å². The Morgan fingerprint density at radius 3 is 2.94 bits per heavy atom. The third-order valence-corrected chi connectivity index (χ3v) is 6.76. The molecule has 3 unspecified atom stereocenters. The van der Waals surface area contributed by atoms with Crippen molar-refractivity contribution in [1.82, 2.24) is 30.9 Å². The fraction of sp³-hybridized carbons (Fsp3) is 0.522. The normalized spacial score (nSPS) is 23.2. The van der Waals surface area contributed by atoms with Gasteiger partial charge in [0.1, 0.15) is 0 Å². The first-order valence-electron chi connectivity index (χ1n) is 11.3. The topological polar surface area (TPSA) is 99.1 Å². The summed E-state index contributed by atoms with van der Waals surface area (Å²) in [6, 6.07) is 9.03. The first-order chi connectivity index (χ1) is 15.2. The van der Waals surface area contributed by atoms with Crippen LogP contribution in [-0.4, -0.2) is 51.7 Å². The first-order valence-corrected chi connectivity index (χ1v) is 11.3. The van der Waals surface area contributed by atoms with Gasteiger partial charge in [0.15, 0.2) is 0 Å². The van der Waals surface area contributed by atoms with Gasteiger partial charge >= 0.3 is 0 Å². The second-order valence-electron chi connectivity index (χ2n) is 8.85. The van der Waals surface area contributed by atoms with Crippen LogP contribution in [0.3, 0.4) is 0 Å². The fourth-order valence-electron chi connectivity index (χ4n) is 5.03. The van der Waals surface area contributed by atoms with E-state index in [0.29, 0.717) is 49.0 Å². The number of carbonyl (C=O) groups excluding carboxylic acids is 1. The lowest BCUT2D eigenvalue weighted by Gasteiger charge is -2.29. The molecule has 1 amide bonds. The lowest BCUT2D eigenvalue weighted by atomic mass is 9.81. The van der Waals surface area contributed by atoms with Gasteiger partial charge in [-0.25, -0.2) is 0 Å². The number of hydrogen-bond donors (Lipinski definition) is 3. The van der Waals surface area contributed by atoms with Crippen molar-refractivity contribution in [2.45, 2.75) is 57.0 Å². The summed E-state index contributed by atoms with van der Waals surface area (Å²) >= 11 is 0. The molecule has 1 aliphatic heterocycles. The summed E-state index contributed by atoms with van der Waals surface area (Å²) in [6.45, 7) is 0.725. The third kappa shape index (κ3) is 4.36. The maximum Gasteiger partial charge on any atom is 0.222 e. The molecule has 1 saturated heterocycles. The van der Waals surface area contributed by atoms with Crippen LogP contribution >= 0.6 is 0 Å². The van der Waals surface area contributed by atoms with Crippen LogP contribution < -0.4 is 10.9 Å². The number of aryl methyl sites for hydroxylation is 1. The maximum absolute atomic E-state index is 12.7. The van der Waals surface area contributed by atoms with Gasteiger partial charge in [-0.2, -0.15) is 0 Å². The molecule has 5 rings (SSSR count). The van der Waals surface area contributed by atoms with Crippen molar-refractivity contribution in [3.63, 3.8) is 0 Å². The minimum absolute atomic E-state index is 0.109. The van der Waals surface area contributed by atoms with Gasteiger partial charge in [-0.3, -0.25) is 15.6 Å². The summed E-state index contributed by atoms with van der Waals surface area (Å²) < 4.78 is 5.81. The van der Waals surface area contributed by atoms with Crippen molar-refractivity contribution in [3.8, 4) is 0 Å². The molecule has 2 aliphatic rings. The Morgan fingerprint density at radius 1 is 1.16 bits per heavy atom. The summed E-state index contributed by atoms with van der Waals surface area (Å²) in [4.78, 5) is 17.8. The lowest BCUT2D eigenvalue weighted by Crippen LogP contribution is -2.43. The van der Waals surface area contributed by atoms with Crippen LogP contribution in [-0.2, 0) is 17.6 Å². The molecule has 1 aliphatic carbocycles. The molecule has 3 aromatic rings. The number of amides is 1. The average Bonchev–Trinajstić information content (AvgIpc) is 3.52. The summed E-state index contributed by atoms with van der Waals surface area (Å²) in [5.41, 5.74) is 9.05. The Balaban J connectivity index is 1.12. The van der Waals surface area contributed by atoms with Crippen LogP contribution in [0.2, 0.25) is 0 Å². The highest BCUT2D eigenvalue weighted by atomic mass is 16.4. The maximum atomic E-state index is 12.7. The van der Waals surface area contributed by atoms with Crippen molar-refractivity contribution < 1.29 is 9.21 Å². The minimum Gasteiger partial charge on any atom is -0.425 e. The molecule has 3 heterocycles. The second kappa shape index (κ2) is 8.80. The van der Waals surface area contributed by atoms with Gasteiger partial charge in [-0.15, -0.1) is 10.2 Å². The van der Waals surface area contributed by atoms with E-state index < -0.39 is 0 Å². The van der Waals surface area contributed by atoms with Crippen molar-refractivity contribution in [1.29, 1.82) is 0 Å². The molecule has 2 fully saturated rings. The average molecular weight is 423 g/mol. The quantitative estimate of drug-likeness (QED) is 0.541. The molecular weight excluding hydrogens is 392 g/mol. The highest BCUT2D eigenvalue weighted by Gasteiger charge is 2.37. The fourth-order valence-corrected chi connectivity index (χ4v) is 5.03. The Bertz CT molecular complexity index is 1040. The van der Waals surface area contributed by atoms with Crippen LogP contribution in [0, 0.1) is 5.92 Å². The van der Waals surface area contributed by atoms with Gasteiger partial charge in [0.05, 0.1) is 6.42 Å². The second-order valence-corrected chi connectivity index (χ2v) is 8.85. The monoisotopic (exact) mass is 422 g/mol. The Hall–Kier alpha value is -2.71. The van der Waals surface area contributed by atoms with Gasteiger partial charge < -0.3 is 14.3 Å².